The van der Waals surface area contributed by atoms with Crippen LogP contribution < -0.4 is 5.32 Å². The van der Waals surface area contributed by atoms with E-state index in [1.807, 2.05) is 42.5 Å². The minimum absolute atomic E-state index is 0.404. The Hall–Kier alpha value is -2.33. The predicted molar refractivity (Wildman–Crippen MR) is 78.5 cm³/mol. The van der Waals surface area contributed by atoms with E-state index in [2.05, 4.69) is 15.3 Å². The van der Waals surface area contributed by atoms with Gasteiger partial charge in [0.2, 0.25) is 5.95 Å². The molecule has 0 fully saturated rings. The van der Waals surface area contributed by atoms with E-state index in [0.717, 1.165) is 17.0 Å². The summed E-state index contributed by atoms with van der Waals surface area (Å²) in [4.78, 5) is 8.62. The average Bonchev–Trinajstić information content (AvgIpc) is 2.99. The van der Waals surface area contributed by atoms with Crippen LogP contribution in [0.2, 0.25) is 5.15 Å². The first-order valence-electron chi connectivity index (χ1n) is 6.17. The van der Waals surface area contributed by atoms with Gasteiger partial charge in [-0.15, -0.1) is 0 Å². The van der Waals surface area contributed by atoms with Gasteiger partial charge in [-0.2, -0.15) is 0 Å². The number of anilines is 1. The summed E-state index contributed by atoms with van der Waals surface area (Å²) in [7, 11) is 0. The van der Waals surface area contributed by atoms with E-state index in [0.29, 0.717) is 17.6 Å². The molecule has 0 unspecified atom stereocenters. The molecule has 2 aromatic heterocycles. The van der Waals surface area contributed by atoms with E-state index in [4.69, 9.17) is 16.0 Å². The molecule has 1 aromatic carbocycles. The molecule has 0 aliphatic heterocycles. The maximum atomic E-state index is 6.05. The highest BCUT2D eigenvalue weighted by atomic mass is 35.5. The number of hydrogen-bond donors (Lipinski definition) is 1. The molecule has 0 atom stereocenters. The molecule has 2 heterocycles. The first-order valence-corrected chi connectivity index (χ1v) is 6.55. The van der Waals surface area contributed by atoms with Gasteiger partial charge in [0, 0.05) is 11.6 Å². The molecular weight excluding hydrogens is 274 g/mol. The number of nitrogens with one attached hydrogen (secondary N) is 1. The lowest BCUT2D eigenvalue weighted by atomic mass is 10.1. The second-order valence-electron chi connectivity index (χ2n) is 4.20. The van der Waals surface area contributed by atoms with Crippen LogP contribution in [0.15, 0.2) is 59.2 Å². The number of aromatic nitrogens is 2. The zero-order valence-electron chi connectivity index (χ0n) is 10.6. The van der Waals surface area contributed by atoms with E-state index in [1.54, 1.807) is 12.3 Å². The number of nitrogens with zero attached hydrogens (tertiary/aromatic N) is 2. The largest absolute Gasteiger partial charge is 0.467 e. The molecule has 0 aliphatic rings. The smallest absolute Gasteiger partial charge is 0.225 e. The van der Waals surface area contributed by atoms with Gasteiger partial charge in [0.05, 0.1) is 18.5 Å². The minimum atomic E-state index is 0.404. The van der Waals surface area contributed by atoms with Crippen LogP contribution in [0.25, 0.3) is 11.3 Å². The van der Waals surface area contributed by atoms with Crippen molar-refractivity contribution in [2.75, 3.05) is 5.32 Å². The molecule has 0 aliphatic carbocycles. The number of rotatable bonds is 4. The van der Waals surface area contributed by atoms with Crippen LogP contribution in [-0.2, 0) is 6.54 Å². The van der Waals surface area contributed by atoms with Crippen LogP contribution in [0.4, 0.5) is 5.95 Å². The highest BCUT2D eigenvalue weighted by Crippen LogP contribution is 2.21. The van der Waals surface area contributed by atoms with E-state index in [-0.39, 0.29) is 0 Å². The topological polar surface area (TPSA) is 51.0 Å². The predicted octanol–water partition coefficient (Wildman–Crippen LogP) is 4.00. The van der Waals surface area contributed by atoms with Crippen molar-refractivity contribution in [1.29, 1.82) is 0 Å². The Morgan fingerprint density at radius 1 is 1.05 bits per heavy atom. The van der Waals surface area contributed by atoms with Crippen molar-refractivity contribution in [3.8, 4) is 11.3 Å². The van der Waals surface area contributed by atoms with Crippen molar-refractivity contribution in [2.24, 2.45) is 0 Å². The van der Waals surface area contributed by atoms with Crippen molar-refractivity contribution < 1.29 is 4.42 Å². The monoisotopic (exact) mass is 285 g/mol. The standard InChI is InChI=1S/C15H12ClN3O/c16-14-9-13(11-5-2-1-3-6-11)18-15(19-14)17-10-12-7-4-8-20-12/h1-9H,10H2,(H,17,18,19). The highest BCUT2D eigenvalue weighted by molar-refractivity contribution is 6.29. The van der Waals surface area contributed by atoms with Crippen molar-refractivity contribution in [3.05, 3.63) is 65.7 Å². The van der Waals surface area contributed by atoms with Crippen LogP contribution in [0.3, 0.4) is 0 Å². The Morgan fingerprint density at radius 3 is 2.65 bits per heavy atom. The van der Waals surface area contributed by atoms with Gasteiger partial charge < -0.3 is 9.73 Å². The van der Waals surface area contributed by atoms with Crippen molar-refractivity contribution in [2.45, 2.75) is 6.54 Å². The fraction of sp³-hybridized carbons (Fsp3) is 0.0667. The Bertz CT molecular complexity index is 684. The fourth-order valence-corrected chi connectivity index (χ4v) is 2.02. The SMILES string of the molecule is Clc1cc(-c2ccccc2)nc(NCc2ccco2)n1. The third kappa shape index (κ3) is 2.97. The molecular formula is C15H12ClN3O. The summed E-state index contributed by atoms with van der Waals surface area (Å²) < 4.78 is 5.25. The van der Waals surface area contributed by atoms with Gasteiger partial charge in [0.1, 0.15) is 10.9 Å². The molecule has 0 saturated heterocycles. The van der Waals surface area contributed by atoms with Gasteiger partial charge in [0.25, 0.3) is 0 Å². The molecule has 0 radical (unpaired) electrons. The van der Waals surface area contributed by atoms with E-state index < -0.39 is 0 Å². The summed E-state index contributed by atoms with van der Waals surface area (Å²) in [6.07, 6.45) is 1.63. The first kappa shape index (κ1) is 12.7. The van der Waals surface area contributed by atoms with Crippen LogP contribution in [0, 0.1) is 0 Å². The Labute approximate surface area is 121 Å². The van der Waals surface area contributed by atoms with E-state index in [1.165, 1.54) is 0 Å². The summed E-state index contributed by atoms with van der Waals surface area (Å²) in [5, 5.41) is 3.50. The molecule has 0 spiro atoms. The summed E-state index contributed by atoms with van der Waals surface area (Å²) in [5.41, 5.74) is 1.78. The lowest BCUT2D eigenvalue weighted by Gasteiger charge is -2.06. The van der Waals surface area contributed by atoms with Crippen LogP contribution in [0.5, 0.6) is 0 Å². The zero-order chi connectivity index (χ0) is 13.8. The quantitative estimate of drug-likeness (QED) is 0.736. The maximum absolute atomic E-state index is 6.05. The molecule has 3 rings (SSSR count). The molecule has 100 valence electrons. The molecule has 0 amide bonds. The van der Waals surface area contributed by atoms with Crippen LogP contribution in [-0.4, -0.2) is 9.97 Å². The van der Waals surface area contributed by atoms with Gasteiger partial charge >= 0.3 is 0 Å². The second-order valence-corrected chi connectivity index (χ2v) is 4.59. The Kier molecular flexibility index (Phi) is 3.65. The second kappa shape index (κ2) is 5.75. The Morgan fingerprint density at radius 2 is 1.90 bits per heavy atom. The molecule has 3 aromatic rings. The van der Waals surface area contributed by atoms with Gasteiger partial charge in [-0.05, 0) is 12.1 Å². The van der Waals surface area contributed by atoms with Crippen molar-refractivity contribution >= 4 is 17.5 Å². The molecule has 5 heteroatoms. The fourth-order valence-electron chi connectivity index (χ4n) is 1.83. The summed E-state index contributed by atoms with van der Waals surface area (Å²) in [6.45, 7) is 0.515. The molecule has 1 N–H and O–H groups in total. The molecule has 20 heavy (non-hydrogen) atoms. The number of benzene rings is 1. The third-order valence-electron chi connectivity index (χ3n) is 2.77. The highest BCUT2D eigenvalue weighted by Gasteiger charge is 2.05. The summed E-state index contributed by atoms with van der Waals surface area (Å²) in [5.74, 6) is 1.29. The minimum Gasteiger partial charge on any atom is -0.467 e. The van der Waals surface area contributed by atoms with E-state index >= 15 is 0 Å². The lowest BCUT2D eigenvalue weighted by molar-refractivity contribution is 0.517. The van der Waals surface area contributed by atoms with E-state index in [9.17, 15) is 0 Å². The average molecular weight is 286 g/mol. The summed E-state index contributed by atoms with van der Waals surface area (Å²) in [6, 6.07) is 15.3. The van der Waals surface area contributed by atoms with Crippen LogP contribution in [0.1, 0.15) is 5.76 Å². The Balaban J connectivity index is 1.83. The number of halogens is 1. The zero-order valence-corrected chi connectivity index (χ0v) is 11.3. The molecule has 4 nitrogen and oxygen atoms in total. The normalized spacial score (nSPS) is 10.4. The first-order chi connectivity index (χ1) is 9.81. The maximum Gasteiger partial charge on any atom is 0.225 e. The van der Waals surface area contributed by atoms with Gasteiger partial charge in [-0.1, -0.05) is 41.9 Å². The number of hydrogen-bond acceptors (Lipinski definition) is 4. The van der Waals surface area contributed by atoms with Gasteiger partial charge in [0.15, 0.2) is 0 Å². The molecule has 0 saturated carbocycles. The van der Waals surface area contributed by atoms with Gasteiger partial charge in [-0.3, -0.25) is 0 Å². The van der Waals surface area contributed by atoms with Crippen LogP contribution >= 0.6 is 11.6 Å². The summed E-state index contributed by atoms with van der Waals surface area (Å²) >= 11 is 6.05. The van der Waals surface area contributed by atoms with Crippen molar-refractivity contribution in [1.82, 2.24) is 9.97 Å². The third-order valence-corrected chi connectivity index (χ3v) is 2.96. The lowest BCUT2D eigenvalue weighted by Crippen LogP contribution is -2.03. The van der Waals surface area contributed by atoms with Crippen molar-refractivity contribution in [3.63, 3.8) is 0 Å². The molecule has 0 bridgehead atoms. The number of furan rings is 1. The van der Waals surface area contributed by atoms with Gasteiger partial charge in [-0.25, -0.2) is 9.97 Å².